The van der Waals surface area contributed by atoms with Gasteiger partial charge in [-0.05, 0) is 61.0 Å². The number of fused-ring (bicyclic) bond motifs is 6. The molecular weight excluding hydrogens is 769 g/mol. The van der Waals surface area contributed by atoms with E-state index in [1.54, 1.807) is 91.0 Å². The van der Waals surface area contributed by atoms with Crippen LogP contribution in [0.5, 0.6) is 23.0 Å². The largest absolute Gasteiger partial charge is 0.456 e. The third-order valence-electron chi connectivity index (χ3n) is 10.1. The van der Waals surface area contributed by atoms with Crippen molar-refractivity contribution in [3.63, 3.8) is 0 Å². The SMILES string of the molecule is C=C(Oc1cccc(C)c1)c1nc2c3cccc4c5nc(C(=O)Oc6ccccc6)c(C(=O)Oc6ccccc6)nc5c5cccc(c2nc1C(=O)Oc1ccccc1)c5c34. The van der Waals surface area contributed by atoms with Crippen molar-refractivity contribution in [3.05, 3.63) is 187 Å². The summed E-state index contributed by atoms with van der Waals surface area (Å²) in [7, 11) is 0. The monoisotopic (exact) mass is 798 g/mol. The predicted octanol–water partition coefficient (Wildman–Crippen LogP) is 10.5. The summed E-state index contributed by atoms with van der Waals surface area (Å²) < 4.78 is 23.5. The molecule has 0 fully saturated rings. The van der Waals surface area contributed by atoms with Crippen LogP contribution in [-0.2, 0) is 0 Å². The Morgan fingerprint density at radius 2 is 0.721 bits per heavy atom. The molecule has 2 aromatic heterocycles. The summed E-state index contributed by atoms with van der Waals surface area (Å²) in [5.41, 5.74) is 1.79. The van der Waals surface area contributed by atoms with Crippen LogP contribution < -0.4 is 18.9 Å². The highest BCUT2D eigenvalue weighted by Gasteiger charge is 2.30. The molecule has 10 rings (SSSR count). The minimum absolute atomic E-state index is 0.0814. The van der Waals surface area contributed by atoms with Crippen LogP contribution in [0.3, 0.4) is 0 Å². The number of rotatable bonds is 9. The van der Waals surface area contributed by atoms with Gasteiger partial charge in [0.05, 0.1) is 22.1 Å². The van der Waals surface area contributed by atoms with Gasteiger partial charge < -0.3 is 18.9 Å². The first kappa shape index (κ1) is 36.7. The maximum atomic E-state index is 14.1. The Morgan fingerprint density at radius 3 is 1.10 bits per heavy atom. The smallest absolute Gasteiger partial charge is 0.364 e. The maximum absolute atomic E-state index is 14.1. The van der Waals surface area contributed by atoms with E-state index in [0.717, 1.165) is 16.3 Å². The van der Waals surface area contributed by atoms with Gasteiger partial charge in [0.25, 0.3) is 0 Å². The molecule has 0 atom stereocenters. The second-order valence-corrected chi connectivity index (χ2v) is 14.1. The van der Waals surface area contributed by atoms with Crippen molar-refractivity contribution in [2.45, 2.75) is 6.92 Å². The molecule has 0 N–H and O–H groups in total. The molecular formula is C50H30N4O7. The van der Waals surface area contributed by atoms with E-state index in [9.17, 15) is 14.4 Å². The van der Waals surface area contributed by atoms with Gasteiger partial charge in [0.1, 0.15) is 34.5 Å². The van der Waals surface area contributed by atoms with Crippen molar-refractivity contribution in [2.75, 3.05) is 0 Å². The van der Waals surface area contributed by atoms with E-state index in [-0.39, 0.29) is 40.0 Å². The first-order valence-electron chi connectivity index (χ1n) is 19.2. The Kier molecular flexibility index (Phi) is 9.03. The van der Waals surface area contributed by atoms with Crippen LogP contribution in [0.25, 0.3) is 60.1 Å². The van der Waals surface area contributed by atoms with Gasteiger partial charge in [-0.25, -0.2) is 34.3 Å². The molecule has 2 heterocycles. The number of ether oxygens (including phenoxy) is 4. The summed E-state index contributed by atoms with van der Waals surface area (Å²) in [4.78, 5) is 61.9. The Labute approximate surface area is 346 Å². The summed E-state index contributed by atoms with van der Waals surface area (Å²) in [6.45, 7) is 6.13. The van der Waals surface area contributed by atoms with E-state index in [2.05, 4.69) is 6.58 Å². The normalized spacial score (nSPS) is 11.3. The minimum Gasteiger partial charge on any atom is -0.456 e. The van der Waals surface area contributed by atoms with Gasteiger partial charge in [-0.1, -0.05) is 110 Å². The molecule has 0 saturated carbocycles. The molecule has 0 aliphatic rings. The first-order valence-corrected chi connectivity index (χ1v) is 19.2. The van der Waals surface area contributed by atoms with E-state index in [1.165, 1.54) is 0 Å². The number of aromatic nitrogens is 4. The molecule has 61 heavy (non-hydrogen) atoms. The van der Waals surface area contributed by atoms with Crippen LogP contribution >= 0.6 is 0 Å². The molecule has 0 amide bonds. The summed E-state index contributed by atoms with van der Waals surface area (Å²) in [6, 6.07) is 44.2. The van der Waals surface area contributed by atoms with Gasteiger partial charge in [0, 0.05) is 32.3 Å². The lowest BCUT2D eigenvalue weighted by Crippen LogP contribution is -2.21. The van der Waals surface area contributed by atoms with E-state index in [4.69, 9.17) is 38.9 Å². The average Bonchev–Trinajstić information content (AvgIpc) is 3.28. The van der Waals surface area contributed by atoms with Crippen molar-refractivity contribution in [1.82, 2.24) is 19.9 Å². The molecule has 0 aliphatic carbocycles. The number of para-hydroxylation sites is 3. The van der Waals surface area contributed by atoms with Gasteiger partial charge >= 0.3 is 17.9 Å². The highest BCUT2D eigenvalue weighted by molar-refractivity contribution is 6.38. The lowest BCUT2D eigenvalue weighted by Gasteiger charge is -2.18. The van der Waals surface area contributed by atoms with E-state index >= 15 is 0 Å². The van der Waals surface area contributed by atoms with Crippen LogP contribution in [0.2, 0.25) is 0 Å². The van der Waals surface area contributed by atoms with Gasteiger partial charge in [0.2, 0.25) is 0 Å². The number of esters is 3. The average molecular weight is 799 g/mol. The summed E-state index contributed by atoms with van der Waals surface area (Å²) in [6.07, 6.45) is 0. The first-order chi connectivity index (χ1) is 29.8. The molecule has 0 unspecified atom stereocenters. The van der Waals surface area contributed by atoms with E-state index in [0.29, 0.717) is 55.1 Å². The minimum atomic E-state index is -0.899. The van der Waals surface area contributed by atoms with Crippen molar-refractivity contribution >= 4 is 78.1 Å². The van der Waals surface area contributed by atoms with E-state index in [1.807, 2.05) is 67.6 Å². The van der Waals surface area contributed by atoms with E-state index < -0.39 is 17.9 Å². The summed E-state index contributed by atoms with van der Waals surface area (Å²) >= 11 is 0. The topological polar surface area (TPSA) is 140 Å². The molecule has 0 aliphatic heterocycles. The van der Waals surface area contributed by atoms with Crippen LogP contribution in [0.1, 0.15) is 42.7 Å². The number of hydrogen-bond acceptors (Lipinski definition) is 11. The second-order valence-electron chi connectivity index (χ2n) is 14.1. The molecule has 0 bridgehead atoms. The zero-order chi connectivity index (χ0) is 41.6. The highest BCUT2D eigenvalue weighted by Crippen LogP contribution is 2.44. The highest BCUT2D eigenvalue weighted by atomic mass is 16.5. The number of carbonyl (C=O) groups excluding carboxylic acids is 3. The Balaban J connectivity index is 1.23. The number of nitrogens with zero attached hydrogens (tertiary/aromatic N) is 4. The van der Waals surface area contributed by atoms with Crippen LogP contribution in [0.15, 0.2) is 158 Å². The molecule has 10 aromatic rings. The molecule has 292 valence electrons. The number of benzene rings is 8. The fraction of sp³-hybridized carbons (Fsp3) is 0.0200. The number of aryl methyl sites for hydroxylation is 1. The molecule has 11 heteroatoms. The zero-order valence-corrected chi connectivity index (χ0v) is 32.3. The Bertz CT molecular complexity index is 3400. The van der Waals surface area contributed by atoms with Crippen molar-refractivity contribution in [1.29, 1.82) is 0 Å². The predicted molar refractivity (Wildman–Crippen MR) is 231 cm³/mol. The summed E-state index contributed by atoms with van der Waals surface area (Å²) in [5, 5.41) is 4.00. The van der Waals surface area contributed by atoms with Gasteiger partial charge in [0.15, 0.2) is 17.1 Å². The number of carbonyl (C=O) groups is 3. The quantitative estimate of drug-likeness (QED) is 0.0453. The molecule has 11 nitrogen and oxygen atoms in total. The molecule has 0 saturated heterocycles. The lowest BCUT2D eigenvalue weighted by molar-refractivity contribution is 0.0683. The van der Waals surface area contributed by atoms with Gasteiger partial charge in [-0.2, -0.15) is 0 Å². The molecule has 0 spiro atoms. The fourth-order valence-corrected chi connectivity index (χ4v) is 7.48. The Morgan fingerprint density at radius 1 is 0.393 bits per heavy atom. The molecule has 8 aromatic carbocycles. The Hall–Kier alpha value is -8.57. The van der Waals surface area contributed by atoms with Crippen molar-refractivity contribution in [3.8, 4) is 23.0 Å². The third kappa shape index (κ3) is 6.65. The van der Waals surface area contributed by atoms with Gasteiger partial charge in [-0.3, -0.25) is 0 Å². The standard InChI is InChI=1S/C50H30N4O7/c1-28-15-12-22-33(27-28)58-29(2)40-45(48(55)59-30-16-6-3-7-17-30)52-42-35-24-14-26-37-39(35)38-34(41(42)51-40)23-13-25-36(38)43-44(37)54-47(50(57)61-32-20-10-5-11-21-32)46(53-43)49(56)60-31-18-8-4-9-19-31/h3-27H,2H2,1H3. The van der Waals surface area contributed by atoms with Crippen LogP contribution in [0, 0.1) is 6.92 Å². The molecule has 0 radical (unpaired) electrons. The maximum Gasteiger partial charge on any atom is 0.364 e. The van der Waals surface area contributed by atoms with Crippen LogP contribution in [-0.4, -0.2) is 37.8 Å². The van der Waals surface area contributed by atoms with Crippen LogP contribution in [0.4, 0.5) is 0 Å². The zero-order valence-electron chi connectivity index (χ0n) is 32.3. The van der Waals surface area contributed by atoms with Crippen molar-refractivity contribution in [2.24, 2.45) is 0 Å². The fourth-order valence-electron chi connectivity index (χ4n) is 7.48. The third-order valence-corrected chi connectivity index (χ3v) is 10.1. The van der Waals surface area contributed by atoms with Crippen molar-refractivity contribution < 1.29 is 33.3 Å². The van der Waals surface area contributed by atoms with Gasteiger partial charge in [-0.15, -0.1) is 0 Å². The summed E-state index contributed by atoms with van der Waals surface area (Å²) in [5.74, 6) is -1.14. The second kappa shape index (κ2) is 15.0. The number of hydrogen-bond donors (Lipinski definition) is 0. The lowest BCUT2D eigenvalue weighted by atomic mass is 9.91.